The number of aryl methyl sites for hydroxylation is 1. The molecule has 4 heteroatoms. The summed E-state index contributed by atoms with van der Waals surface area (Å²) >= 11 is 0. The Bertz CT molecular complexity index is 728. The van der Waals surface area contributed by atoms with E-state index in [2.05, 4.69) is 17.9 Å². The third-order valence-electron chi connectivity index (χ3n) is 5.84. The number of carboxylic acids is 1. The zero-order valence-corrected chi connectivity index (χ0v) is 15.6. The van der Waals surface area contributed by atoms with Crippen molar-refractivity contribution in [2.75, 3.05) is 0 Å². The Labute approximate surface area is 160 Å². The number of hydrogen-bond acceptors (Lipinski definition) is 3. The fourth-order valence-electron chi connectivity index (χ4n) is 4.30. The Balaban J connectivity index is 1.53. The van der Waals surface area contributed by atoms with E-state index in [-0.39, 0.29) is 12.3 Å². The van der Waals surface area contributed by atoms with Gasteiger partial charge in [-0.15, -0.1) is 0 Å². The van der Waals surface area contributed by atoms with E-state index in [9.17, 15) is 15.0 Å². The van der Waals surface area contributed by atoms with Crippen LogP contribution >= 0.6 is 0 Å². The van der Waals surface area contributed by atoms with Crippen molar-refractivity contribution in [1.82, 2.24) is 0 Å². The molecule has 2 saturated carbocycles. The molecule has 0 saturated heterocycles. The lowest BCUT2D eigenvalue weighted by Crippen LogP contribution is -2.44. The van der Waals surface area contributed by atoms with Crippen LogP contribution in [0.15, 0.2) is 42.0 Å². The van der Waals surface area contributed by atoms with Gasteiger partial charge in [0.15, 0.2) is 0 Å². The maximum Gasteiger partial charge on any atom is 0.303 e. The highest BCUT2D eigenvalue weighted by molar-refractivity contribution is 5.66. The molecule has 0 amide bonds. The molecule has 3 rings (SSSR count). The van der Waals surface area contributed by atoms with E-state index in [0.29, 0.717) is 24.7 Å². The fraction of sp³-hybridized carbons (Fsp3) is 0.522. The molecular formula is C23H28O4. The summed E-state index contributed by atoms with van der Waals surface area (Å²) in [6.07, 6.45) is 5.62. The average molecular weight is 368 g/mol. The van der Waals surface area contributed by atoms with Crippen LogP contribution in [0.4, 0.5) is 0 Å². The largest absolute Gasteiger partial charge is 0.481 e. The number of aliphatic hydroxyl groups is 2. The van der Waals surface area contributed by atoms with Crippen molar-refractivity contribution < 1.29 is 20.1 Å². The number of carboxylic acid groups (broad SMARTS) is 1. The number of fused-ring (bicyclic) bond motifs is 1. The van der Waals surface area contributed by atoms with Gasteiger partial charge in [0, 0.05) is 6.42 Å². The number of allylic oxidation sites excluding steroid dienone is 2. The van der Waals surface area contributed by atoms with Gasteiger partial charge in [0.25, 0.3) is 0 Å². The number of carbonyl (C=O) groups is 1. The SMILES string of the molecule is O=C(O)CCC=C1C[C@@H]2C(C#CC(O)CCc3ccccc3)[C@H](O)CC[C@H]12. The monoisotopic (exact) mass is 368 g/mol. The van der Waals surface area contributed by atoms with Gasteiger partial charge in [-0.25, -0.2) is 0 Å². The molecule has 4 nitrogen and oxygen atoms in total. The molecule has 2 aliphatic carbocycles. The number of aliphatic carboxylic acids is 1. The molecule has 0 spiro atoms. The summed E-state index contributed by atoms with van der Waals surface area (Å²) < 4.78 is 0. The van der Waals surface area contributed by atoms with Crippen molar-refractivity contribution in [3.05, 3.63) is 47.5 Å². The lowest BCUT2D eigenvalue weighted by Gasteiger charge is -2.48. The van der Waals surface area contributed by atoms with Crippen LogP contribution in [0.2, 0.25) is 0 Å². The van der Waals surface area contributed by atoms with Gasteiger partial charge in [-0.1, -0.05) is 53.8 Å². The second-order valence-corrected chi connectivity index (χ2v) is 7.69. The number of rotatable bonds is 6. The van der Waals surface area contributed by atoms with Crippen LogP contribution in [-0.2, 0) is 11.2 Å². The highest BCUT2D eigenvalue weighted by Crippen LogP contribution is 2.51. The van der Waals surface area contributed by atoms with Crippen molar-refractivity contribution in [3.63, 3.8) is 0 Å². The van der Waals surface area contributed by atoms with Gasteiger partial charge in [0.05, 0.1) is 12.0 Å². The molecule has 1 aromatic carbocycles. The summed E-state index contributed by atoms with van der Waals surface area (Å²) in [5.74, 6) is 6.01. The molecule has 0 aromatic heterocycles. The Morgan fingerprint density at radius 2 is 2.04 bits per heavy atom. The molecule has 0 bridgehead atoms. The van der Waals surface area contributed by atoms with Crippen LogP contribution in [0.5, 0.6) is 0 Å². The summed E-state index contributed by atoms with van der Waals surface area (Å²) in [6.45, 7) is 0. The Morgan fingerprint density at radius 3 is 2.78 bits per heavy atom. The molecule has 1 aromatic rings. The zero-order valence-electron chi connectivity index (χ0n) is 15.6. The third-order valence-corrected chi connectivity index (χ3v) is 5.84. The minimum atomic E-state index is -0.768. The van der Waals surface area contributed by atoms with Crippen molar-refractivity contribution in [3.8, 4) is 11.8 Å². The topological polar surface area (TPSA) is 77.8 Å². The van der Waals surface area contributed by atoms with Crippen LogP contribution in [0.3, 0.4) is 0 Å². The third kappa shape index (κ3) is 5.22. The van der Waals surface area contributed by atoms with Gasteiger partial charge >= 0.3 is 5.97 Å². The molecule has 27 heavy (non-hydrogen) atoms. The van der Waals surface area contributed by atoms with Gasteiger partial charge in [-0.3, -0.25) is 4.79 Å². The normalized spacial score (nSPS) is 29.2. The maximum absolute atomic E-state index is 10.7. The van der Waals surface area contributed by atoms with Crippen LogP contribution in [0.25, 0.3) is 0 Å². The van der Waals surface area contributed by atoms with E-state index < -0.39 is 18.2 Å². The summed E-state index contributed by atoms with van der Waals surface area (Å²) in [6, 6.07) is 10.0. The van der Waals surface area contributed by atoms with E-state index in [1.54, 1.807) is 0 Å². The van der Waals surface area contributed by atoms with Crippen LogP contribution < -0.4 is 0 Å². The van der Waals surface area contributed by atoms with Crippen molar-refractivity contribution in [2.24, 2.45) is 17.8 Å². The molecule has 3 N–H and O–H groups in total. The molecule has 5 atom stereocenters. The van der Waals surface area contributed by atoms with Crippen molar-refractivity contribution in [1.29, 1.82) is 0 Å². The maximum atomic E-state index is 10.7. The molecule has 0 radical (unpaired) electrons. The van der Waals surface area contributed by atoms with E-state index in [1.165, 1.54) is 11.1 Å². The Hall–Kier alpha value is -2.09. The van der Waals surface area contributed by atoms with Crippen molar-refractivity contribution >= 4 is 5.97 Å². The smallest absolute Gasteiger partial charge is 0.303 e. The average Bonchev–Trinajstić information content (AvgIpc) is 2.64. The highest BCUT2D eigenvalue weighted by Gasteiger charge is 2.46. The molecule has 2 aliphatic rings. The minimum absolute atomic E-state index is 0.0910. The Kier molecular flexibility index (Phi) is 6.71. The quantitative estimate of drug-likeness (QED) is 0.532. The number of aliphatic hydroxyl groups excluding tert-OH is 2. The summed E-state index contributed by atoms with van der Waals surface area (Å²) in [5, 5.41) is 29.3. The predicted octanol–water partition coefficient (Wildman–Crippen LogP) is 3.18. The molecular weight excluding hydrogens is 340 g/mol. The number of benzene rings is 1. The lowest BCUT2D eigenvalue weighted by atomic mass is 9.57. The molecule has 2 unspecified atom stereocenters. The first-order chi connectivity index (χ1) is 13.0. The Morgan fingerprint density at radius 1 is 1.26 bits per heavy atom. The number of hydrogen-bond donors (Lipinski definition) is 3. The predicted molar refractivity (Wildman–Crippen MR) is 104 cm³/mol. The van der Waals surface area contributed by atoms with Crippen LogP contribution in [0.1, 0.15) is 44.1 Å². The van der Waals surface area contributed by atoms with Gasteiger partial charge in [0.1, 0.15) is 6.10 Å². The van der Waals surface area contributed by atoms with Crippen molar-refractivity contribution in [2.45, 2.75) is 57.2 Å². The molecule has 0 aliphatic heterocycles. The second kappa shape index (κ2) is 9.21. The highest BCUT2D eigenvalue weighted by atomic mass is 16.4. The molecule has 144 valence electrons. The zero-order chi connectivity index (χ0) is 19.2. The summed E-state index contributed by atoms with van der Waals surface area (Å²) in [5.41, 5.74) is 2.51. The summed E-state index contributed by atoms with van der Waals surface area (Å²) in [7, 11) is 0. The first-order valence-corrected chi connectivity index (χ1v) is 9.86. The summed E-state index contributed by atoms with van der Waals surface area (Å²) in [4.78, 5) is 10.7. The van der Waals surface area contributed by atoms with E-state index >= 15 is 0 Å². The van der Waals surface area contributed by atoms with Crippen LogP contribution in [-0.4, -0.2) is 33.5 Å². The second-order valence-electron chi connectivity index (χ2n) is 7.69. The van der Waals surface area contributed by atoms with Gasteiger partial charge < -0.3 is 15.3 Å². The first kappa shape index (κ1) is 19.7. The van der Waals surface area contributed by atoms with Gasteiger partial charge in [-0.2, -0.15) is 0 Å². The minimum Gasteiger partial charge on any atom is -0.481 e. The molecule has 0 heterocycles. The van der Waals surface area contributed by atoms with Gasteiger partial charge in [0.2, 0.25) is 0 Å². The molecule has 2 fully saturated rings. The van der Waals surface area contributed by atoms with Crippen LogP contribution in [0, 0.1) is 29.6 Å². The lowest BCUT2D eigenvalue weighted by molar-refractivity contribution is -0.136. The van der Waals surface area contributed by atoms with Gasteiger partial charge in [-0.05, 0) is 55.9 Å². The fourth-order valence-corrected chi connectivity index (χ4v) is 4.30. The van der Waals surface area contributed by atoms with E-state index in [0.717, 1.165) is 25.7 Å². The van der Waals surface area contributed by atoms with E-state index in [4.69, 9.17) is 5.11 Å². The standard InChI is InChI=1S/C23H28O4/c24-18(10-9-16-5-2-1-3-6-16)11-12-20-21-15-17(7-4-8-23(26)27)19(21)13-14-22(20)25/h1-3,5-7,18-22,24-25H,4,8-10,13-15H2,(H,26,27)/t18?,19-,20?,21+,22-/m1/s1. The van der Waals surface area contributed by atoms with E-state index in [1.807, 2.05) is 30.3 Å². The first-order valence-electron chi connectivity index (χ1n) is 9.86.